The third-order valence-corrected chi connectivity index (χ3v) is 2.41. The Labute approximate surface area is 89.6 Å². The number of halogens is 3. The van der Waals surface area contributed by atoms with Gasteiger partial charge < -0.3 is 10.6 Å². The van der Waals surface area contributed by atoms with E-state index < -0.39 is 29.0 Å². The summed E-state index contributed by atoms with van der Waals surface area (Å²) in [6, 6.07) is 1.05. The second-order valence-electron chi connectivity index (χ2n) is 3.59. The van der Waals surface area contributed by atoms with Crippen molar-refractivity contribution in [2.75, 3.05) is 18.4 Å². The topological polar surface area (TPSA) is 41.1 Å². The number of carbonyl (C=O) groups is 1. The lowest BCUT2D eigenvalue weighted by atomic mass is 10.0. The number of rotatable bonds is 2. The molecule has 1 aromatic rings. The molecule has 6 heteroatoms. The minimum Gasteiger partial charge on any atom is -0.321 e. The fourth-order valence-electron chi connectivity index (χ4n) is 1.36. The number of nitrogens with one attached hydrogen (secondary N) is 2. The van der Waals surface area contributed by atoms with Gasteiger partial charge in [-0.3, -0.25) is 4.79 Å². The number of hydrogen-bond acceptors (Lipinski definition) is 2. The maximum atomic E-state index is 13.1. The monoisotopic (exact) mass is 230 g/mol. The van der Waals surface area contributed by atoms with Gasteiger partial charge in [-0.15, -0.1) is 0 Å². The normalized spacial score (nSPS) is 15.7. The van der Waals surface area contributed by atoms with Gasteiger partial charge in [0, 0.05) is 25.2 Å². The summed E-state index contributed by atoms with van der Waals surface area (Å²) in [5.74, 6) is -4.00. The molecule has 0 atom stereocenters. The summed E-state index contributed by atoms with van der Waals surface area (Å²) in [4.78, 5) is 11.4. The lowest BCUT2D eigenvalue weighted by Crippen LogP contribution is -2.48. The molecule has 0 aliphatic carbocycles. The Bertz CT molecular complexity index is 409. The molecule has 0 spiro atoms. The molecule has 1 aromatic carbocycles. The first-order valence-electron chi connectivity index (χ1n) is 4.74. The Kier molecular flexibility index (Phi) is 2.82. The Morgan fingerprint density at radius 2 is 1.81 bits per heavy atom. The summed E-state index contributed by atoms with van der Waals surface area (Å²) in [5.41, 5.74) is -0.599. The van der Waals surface area contributed by atoms with E-state index in [2.05, 4.69) is 10.6 Å². The van der Waals surface area contributed by atoms with E-state index in [0.717, 1.165) is 0 Å². The van der Waals surface area contributed by atoms with Crippen molar-refractivity contribution < 1.29 is 18.0 Å². The summed E-state index contributed by atoms with van der Waals surface area (Å²) < 4.78 is 38.9. The molecule has 1 amide bonds. The Morgan fingerprint density at radius 1 is 1.25 bits per heavy atom. The van der Waals surface area contributed by atoms with Crippen LogP contribution in [0.5, 0.6) is 0 Å². The van der Waals surface area contributed by atoms with Crippen LogP contribution in [0.3, 0.4) is 0 Å². The minimum absolute atomic E-state index is 0.288. The maximum absolute atomic E-state index is 13.1. The van der Waals surface area contributed by atoms with Crippen molar-refractivity contribution in [3.05, 3.63) is 29.6 Å². The molecule has 1 aliphatic heterocycles. The van der Waals surface area contributed by atoms with Crippen LogP contribution >= 0.6 is 0 Å². The second kappa shape index (κ2) is 4.13. The van der Waals surface area contributed by atoms with Gasteiger partial charge in [-0.1, -0.05) is 0 Å². The molecule has 0 aromatic heterocycles. The summed E-state index contributed by atoms with van der Waals surface area (Å²) >= 11 is 0. The number of amides is 1. The lowest BCUT2D eigenvalue weighted by molar-refractivity contribution is -0.121. The Hall–Kier alpha value is -1.56. The van der Waals surface area contributed by atoms with Gasteiger partial charge in [0.1, 0.15) is 11.5 Å². The van der Waals surface area contributed by atoms with Crippen LogP contribution in [0.2, 0.25) is 0 Å². The molecule has 0 radical (unpaired) electrons. The van der Waals surface area contributed by atoms with E-state index in [4.69, 9.17) is 0 Å². The highest BCUT2D eigenvalue weighted by Crippen LogP contribution is 2.21. The SMILES string of the molecule is O=C(Nc1c(F)cc(F)cc1F)C1CNC1. The summed E-state index contributed by atoms with van der Waals surface area (Å²) in [6.07, 6.45) is 0. The van der Waals surface area contributed by atoms with Crippen molar-refractivity contribution in [2.45, 2.75) is 0 Å². The molecular weight excluding hydrogens is 221 g/mol. The van der Waals surface area contributed by atoms with Gasteiger partial charge in [0.25, 0.3) is 0 Å². The highest BCUT2D eigenvalue weighted by atomic mass is 19.1. The molecule has 1 fully saturated rings. The number of hydrogen-bond donors (Lipinski definition) is 2. The van der Waals surface area contributed by atoms with Crippen LogP contribution in [-0.2, 0) is 4.79 Å². The van der Waals surface area contributed by atoms with Crippen LogP contribution in [0.1, 0.15) is 0 Å². The van der Waals surface area contributed by atoms with E-state index in [1.807, 2.05) is 0 Å². The van der Waals surface area contributed by atoms with Crippen LogP contribution in [0.25, 0.3) is 0 Å². The highest BCUT2D eigenvalue weighted by molar-refractivity contribution is 5.93. The van der Waals surface area contributed by atoms with Crippen molar-refractivity contribution >= 4 is 11.6 Å². The van der Waals surface area contributed by atoms with Crippen molar-refractivity contribution in [2.24, 2.45) is 5.92 Å². The molecule has 16 heavy (non-hydrogen) atoms. The highest BCUT2D eigenvalue weighted by Gasteiger charge is 2.26. The molecule has 0 unspecified atom stereocenters. The third kappa shape index (κ3) is 2.01. The molecule has 86 valence electrons. The Balaban J connectivity index is 2.17. The van der Waals surface area contributed by atoms with Gasteiger partial charge in [0.2, 0.25) is 5.91 Å². The quantitative estimate of drug-likeness (QED) is 0.803. The van der Waals surface area contributed by atoms with Crippen molar-refractivity contribution in [1.82, 2.24) is 5.32 Å². The molecular formula is C10H9F3N2O. The van der Waals surface area contributed by atoms with Crippen LogP contribution in [0.4, 0.5) is 18.9 Å². The van der Waals surface area contributed by atoms with Gasteiger partial charge >= 0.3 is 0 Å². The van der Waals surface area contributed by atoms with Gasteiger partial charge in [-0.05, 0) is 0 Å². The zero-order chi connectivity index (χ0) is 11.7. The van der Waals surface area contributed by atoms with Crippen LogP contribution in [0.15, 0.2) is 12.1 Å². The summed E-state index contributed by atoms with van der Waals surface area (Å²) in [6.45, 7) is 0.965. The predicted molar refractivity (Wildman–Crippen MR) is 51.3 cm³/mol. The molecule has 3 nitrogen and oxygen atoms in total. The van der Waals surface area contributed by atoms with E-state index in [9.17, 15) is 18.0 Å². The van der Waals surface area contributed by atoms with E-state index in [0.29, 0.717) is 25.2 Å². The smallest absolute Gasteiger partial charge is 0.230 e. The largest absolute Gasteiger partial charge is 0.321 e. The van der Waals surface area contributed by atoms with Crippen LogP contribution < -0.4 is 10.6 Å². The van der Waals surface area contributed by atoms with Crippen LogP contribution in [0, 0.1) is 23.4 Å². The summed E-state index contributed by atoms with van der Waals surface area (Å²) in [7, 11) is 0. The number of anilines is 1. The first-order valence-corrected chi connectivity index (χ1v) is 4.74. The van der Waals surface area contributed by atoms with Gasteiger partial charge in [0.15, 0.2) is 11.6 Å². The first kappa shape index (κ1) is 10.9. The van der Waals surface area contributed by atoms with E-state index >= 15 is 0 Å². The standard InChI is InChI=1S/C10H9F3N2O/c11-6-1-7(12)9(8(13)2-6)15-10(16)5-3-14-4-5/h1-2,5,14H,3-4H2,(H,15,16). The molecule has 0 bridgehead atoms. The van der Waals surface area contributed by atoms with Gasteiger partial charge in [-0.2, -0.15) is 0 Å². The molecule has 1 saturated heterocycles. The lowest BCUT2D eigenvalue weighted by Gasteiger charge is -2.25. The summed E-state index contributed by atoms with van der Waals surface area (Å²) in [5, 5.41) is 4.97. The number of carbonyl (C=O) groups excluding carboxylic acids is 1. The van der Waals surface area contributed by atoms with E-state index in [-0.39, 0.29) is 5.92 Å². The zero-order valence-electron chi connectivity index (χ0n) is 8.19. The molecule has 1 aliphatic rings. The fraction of sp³-hybridized carbons (Fsp3) is 0.300. The average Bonchev–Trinajstić information content (AvgIpc) is 2.08. The fourth-order valence-corrected chi connectivity index (χ4v) is 1.36. The predicted octanol–water partition coefficient (Wildman–Crippen LogP) is 1.26. The second-order valence-corrected chi connectivity index (χ2v) is 3.59. The third-order valence-electron chi connectivity index (χ3n) is 2.41. The van der Waals surface area contributed by atoms with Gasteiger partial charge in [-0.25, -0.2) is 13.2 Å². The molecule has 0 saturated carbocycles. The van der Waals surface area contributed by atoms with E-state index in [1.54, 1.807) is 0 Å². The van der Waals surface area contributed by atoms with Crippen LogP contribution in [-0.4, -0.2) is 19.0 Å². The van der Waals surface area contributed by atoms with Crippen molar-refractivity contribution in [3.8, 4) is 0 Å². The van der Waals surface area contributed by atoms with Crippen molar-refractivity contribution in [1.29, 1.82) is 0 Å². The molecule has 1 heterocycles. The molecule has 2 N–H and O–H groups in total. The Morgan fingerprint density at radius 3 is 2.25 bits per heavy atom. The van der Waals surface area contributed by atoms with Gasteiger partial charge in [0.05, 0.1) is 5.92 Å². The minimum atomic E-state index is -1.11. The molecule has 2 rings (SSSR count). The average molecular weight is 230 g/mol. The first-order chi connectivity index (χ1) is 7.58. The zero-order valence-corrected chi connectivity index (χ0v) is 8.19. The van der Waals surface area contributed by atoms with Crippen molar-refractivity contribution in [3.63, 3.8) is 0 Å². The number of benzene rings is 1. The van der Waals surface area contributed by atoms with E-state index in [1.165, 1.54) is 0 Å². The maximum Gasteiger partial charge on any atom is 0.230 e.